The van der Waals surface area contributed by atoms with Crippen LogP contribution in [0.25, 0.3) is 11.3 Å². The van der Waals surface area contributed by atoms with Crippen LogP contribution in [0.1, 0.15) is 38.8 Å². The van der Waals surface area contributed by atoms with Gasteiger partial charge in [-0.3, -0.25) is 4.79 Å². The lowest BCUT2D eigenvalue weighted by Gasteiger charge is -2.52. The molecule has 2 saturated carbocycles. The molecule has 2 unspecified atom stereocenters. The van der Waals surface area contributed by atoms with Crippen LogP contribution in [0.15, 0.2) is 40.9 Å². The lowest BCUT2D eigenvalue weighted by Crippen LogP contribution is -2.59. The van der Waals surface area contributed by atoms with E-state index in [0.717, 1.165) is 42.7 Å². The highest BCUT2D eigenvalue weighted by Gasteiger charge is 2.49. The molecule has 2 fully saturated rings. The van der Waals surface area contributed by atoms with Crippen LogP contribution in [0.5, 0.6) is 0 Å². The van der Waals surface area contributed by atoms with Gasteiger partial charge in [0, 0.05) is 23.6 Å². The van der Waals surface area contributed by atoms with Gasteiger partial charge in [-0.25, -0.2) is 0 Å². The fourth-order valence-electron chi connectivity index (χ4n) is 3.64. The van der Waals surface area contributed by atoms with Gasteiger partial charge in [0.05, 0.1) is 5.69 Å². The van der Waals surface area contributed by atoms with E-state index in [1.807, 2.05) is 36.4 Å². The molecule has 2 aliphatic carbocycles. The topological polar surface area (TPSA) is 55.1 Å². The minimum atomic E-state index is 0.108. The van der Waals surface area contributed by atoms with Crippen LogP contribution in [-0.4, -0.2) is 17.1 Å². The Balaban J connectivity index is 1.38. The summed E-state index contributed by atoms with van der Waals surface area (Å²) < 4.78 is 5.50. The summed E-state index contributed by atoms with van der Waals surface area (Å²) in [6.07, 6.45) is 4.05. The second kappa shape index (κ2) is 5.76. The van der Waals surface area contributed by atoms with Crippen molar-refractivity contribution in [3.8, 4) is 11.3 Å². The van der Waals surface area contributed by atoms with E-state index in [1.54, 1.807) is 0 Å². The Morgan fingerprint density at radius 3 is 2.71 bits per heavy atom. The molecule has 0 saturated heterocycles. The molecule has 0 bridgehead atoms. The minimum absolute atomic E-state index is 0.108. The number of carbonyl (C=O) groups excluding carboxylic acids is 1. The van der Waals surface area contributed by atoms with Gasteiger partial charge in [0.2, 0.25) is 5.91 Å². The molecule has 0 spiro atoms. The van der Waals surface area contributed by atoms with Gasteiger partial charge in [-0.15, -0.1) is 0 Å². The van der Waals surface area contributed by atoms with Gasteiger partial charge in [0.25, 0.3) is 0 Å². The lowest BCUT2D eigenvalue weighted by atomic mass is 9.57. The van der Waals surface area contributed by atoms with Crippen LogP contribution in [0, 0.1) is 17.3 Å². The Morgan fingerprint density at radius 2 is 2.04 bits per heavy atom. The molecule has 0 radical (unpaired) electrons. The summed E-state index contributed by atoms with van der Waals surface area (Å²) in [7, 11) is 0. The van der Waals surface area contributed by atoms with Crippen molar-refractivity contribution < 1.29 is 9.32 Å². The van der Waals surface area contributed by atoms with Crippen molar-refractivity contribution in [1.29, 1.82) is 0 Å². The molecule has 1 aromatic carbocycles. The number of nitrogens with zero attached hydrogens (tertiary/aromatic N) is 1. The number of rotatable bonds is 5. The number of benzene rings is 1. The number of carbonyl (C=O) groups is 1. The van der Waals surface area contributed by atoms with Gasteiger partial charge in [-0.1, -0.05) is 49.3 Å². The zero-order valence-corrected chi connectivity index (χ0v) is 14.3. The van der Waals surface area contributed by atoms with E-state index in [2.05, 4.69) is 24.3 Å². The average Bonchev–Trinajstić information content (AvgIpc) is 3.34. The van der Waals surface area contributed by atoms with Crippen molar-refractivity contribution in [3.63, 3.8) is 0 Å². The SMILES string of the molecule is CC1(C)C(Cc2cc(-c3ccccc3)on2)CC1NC(=O)C1CC1. The fraction of sp³-hybridized carbons (Fsp3) is 0.500. The third-order valence-corrected chi connectivity index (χ3v) is 5.81. The quantitative estimate of drug-likeness (QED) is 0.909. The zero-order valence-electron chi connectivity index (χ0n) is 14.3. The van der Waals surface area contributed by atoms with E-state index >= 15 is 0 Å². The van der Waals surface area contributed by atoms with Gasteiger partial charge >= 0.3 is 0 Å². The molecule has 2 aromatic rings. The predicted molar refractivity (Wildman–Crippen MR) is 92.2 cm³/mol. The normalized spacial score (nSPS) is 25.1. The van der Waals surface area contributed by atoms with Crippen LogP contribution in [0.3, 0.4) is 0 Å². The number of amides is 1. The molecule has 24 heavy (non-hydrogen) atoms. The lowest BCUT2D eigenvalue weighted by molar-refractivity contribution is -0.126. The molecule has 0 aliphatic heterocycles. The first-order valence-electron chi connectivity index (χ1n) is 8.85. The van der Waals surface area contributed by atoms with Crippen molar-refractivity contribution in [1.82, 2.24) is 10.5 Å². The van der Waals surface area contributed by atoms with Crippen molar-refractivity contribution >= 4 is 5.91 Å². The highest BCUT2D eigenvalue weighted by molar-refractivity contribution is 5.81. The smallest absolute Gasteiger partial charge is 0.223 e. The van der Waals surface area contributed by atoms with Gasteiger partial charge in [-0.05, 0) is 37.0 Å². The monoisotopic (exact) mass is 324 g/mol. The molecule has 4 nitrogen and oxygen atoms in total. The van der Waals surface area contributed by atoms with Crippen molar-refractivity contribution in [3.05, 3.63) is 42.1 Å². The Labute approximate surface area is 142 Å². The molecule has 2 atom stereocenters. The highest BCUT2D eigenvalue weighted by atomic mass is 16.5. The average molecular weight is 324 g/mol. The first kappa shape index (κ1) is 15.4. The molecule has 1 N–H and O–H groups in total. The molecule has 2 aliphatic rings. The standard InChI is InChI=1S/C20H24N2O2/c1-20(2)15(11-18(20)21-19(23)14-8-9-14)10-16-12-17(24-22-16)13-6-4-3-5-7-13/h3-7,12,14-15,18H,8-11H2,1-2H3,(H,21,23). The van der Waals surface area contributed by atoms with Crippen molar-refractivity contribution in [2.45, 2.75) is 45.6 Å². The summed E-state index contributed by atoms with van der Waals surface area (Å²) in [4.78, 5) is 12.0. The molecule has 4 heteroatoms. The first-order chi connectivity index (χ1) is 11.5. The maximum absolute atomic E-state index is 12.0. The van der Waals surface area contributed by atoms with Crippen LogP contribution in [-0.2, 0) is 11.2 Å². The van der Waals surface area contributed by atoms with E-state index in [0.29, 0.717) is 5.92 Å². The molecular formula is C20H24N2O2. The fourth-order valence-corrected chi connectivity index (χ4v) is 3.64. The predicted octanol–water partition coefficient (Wildman–Crippen LogP) is 3.83. The molecule has 126 valence electrons. The zero-order chi connectivity index (χ0) is 16.7. The maximum Gasteiger partial charge on any atom is 0.223 e. The summed E-state index contributed by atoms with van der Waals surface area (Å²) in [6, 6.07) is 12.4. The molecule has 1 aromatic heterocycles. The summed E-state index contributed by atoms with van der Waals surface area (Å²) >= 11 is 0. The molecular weight excluding hydrogens is 300 g/mol. The number of nitrogens with one attached hydrogen (secondary N) is 1. The van der Waals surface area contributed by atoms with Gasteiger partial charge in [-0.2, -0.15) is 0 Å². The second-order valence-electron chi connectivity index (χ2n) is 7.84. The maximum atomic E-state index is 12.0. The number of hydrogen-bond donors (Lipinski definition) is 1. The second-order valence-corrected chi connectivity index (χ2v) is 7.84. The first-order valence-corrected chi connectivity index (χ1v) is 8.85. The Hall–Kier alpha value is -2.10. The van der Waals surface area contributed by atoms with E-state index in [9.17, 15) is 4.79 Å². The van der Waals surface area contributed by atoms with Crippen LogP contribution < -0.4 is 5.32 Å². The third-order valence-electron chi connectivity index (χ3n) is 5.81. The summed E-state index contributed by atoms with van der Waals surface area (Å²) in [5, 5.41) is 7.47. The van der Waals surface area contributed by atoms with Crippen LogP contribution in [0.4, 0.5) is 0 Å². The summed E-state index contributed by atoms with van der Waals surface area (Å²) in [6.45, 7) is 4.49. The largest absolute Gasteiger partial charge is 0.356 e. The third kappa shape index (κ3) is 2.85. The summed E-state index contributed by atoms with van der Waals surface area (Å²) in [5.41, 5.74) is 2.16. The van der Waals surface area contributed by atoms with Gasteiger partial charge < -0.3 is 9.84 Å². The van der Waals surface area contributed by atoms with E-state index in [1.165, 1.54) is 0 Å². The molecule has 4 rings (SSSR count). The van der Waals surface area contributed by atoms with E-state index in [-0.39, 0.29) is 23.3 Å². The van der Waals surface area contributed by atoms with Crippen molar-refractivity contribution in [2.24, 2.45) is 17.3 Å². The van der Waals surface area contributed by atoms with Gasteiger partial charge in [0.15, 0.2) is 5.76 Å². The van der Waals surface area contributed by atoms with E-state index < -0.39 is 0 Å². The highest BCUT2D eigenvalue weighted by Crippen LogP contribution is 2.48. The van der Waals surface area contributed by atoms with Crippen molar-refractivity contribution in [2.75, 3.05) is 0 Å². The Bertz CT molecular complexity index is 731. The minimum Gasteiger partial charge on any atom is -0.356 e. The Morgan fingerprint density at radius 1 is 1.29 bits per heavy atom. The molecule has 1 amide bonds. The van der Waals surface area contributed by atoms with E-state index in [4.69, 9.17) is 4.52 Å². The number of hydrogen-bond acceptors (Lipinski definition) is 3. The van der Waals surface area contributed by atoms with Gasteiger partial charge in [0.1, 0.15) is 0 Å². The Kier molecular flexibility index (Phi) is 3.70. The summed E-state index contributed by atoms with van der Waals surface area (Å²) in [5.74, 6) is 1.88. The molecule has 1 heterocycles. The van der Waals surface area contributed by atoms with Crippen LogP contribution in [0.2, 0.25) is 0 Å². The number of aromatic nitrogens is 1. The van der Waals surface area contributed by atoms with Crippen LogP contribution >= 0.6 is 0 Å².